The smallest absolute Gasteiger partial charge is 0.303 e. The van der Waals surface area contributed by atoms with Gasteiger partial charge >= 0.3 is 5.97 Å². The number of esters is 1. The molecule has 4 nitrogen and oxygen atoms in total. The number of hydrogen-bond acceptors (Lipinski definition) is 4. The van der Waals surface area contributed by atoms with E-state index in [4.69, 9.17) is 4.74 Å². The van der Waals surface area contributed by atoms with E-state index in [2.05, 4.69) is 4.99 Å². The van der Waals surface area contributed by atoms with E-state index in [0.717, 1.165) is 33.7 Å². The van der Waals surface area contributed by atoms with Gasteiger partial charge in [-0.1, -0.05) is 0 Å². The molecule has 1 unspecified atom stereocenters. The van der Waals surface area contributed by atoms with Gasteiger partial charge in [-0.2, -0.15) is 0 Å². The molecule has 1 aromatic carbocycles. The Morgan fingerprint density at radius 2 is 1.91 bits per heavy atom. The maximum absolute atomic E-state index is 11.2. The third-order valence-electron chi connectivity index (χ3n) is 3.99. The lowest BCUT2D eigenvalue weighted by molar-refractivity contribution is -0.147. The molecule has 0 amide bonds. The van der Waals surface area contributed by atoms with Crippen LogP contribution >= 0.6 is 0 Å². The molecule has 118 valence electrons. The van der Waals surface area contributed by atoms with Crippen LogP contribution in [0.3, 0.4) is 0 Å². The topological polar surface area (TPSA) is 58.9 Å². The summed E-state index contributed by atoms with van der Waals surface area (Å²) >= 11 is 0. The molecule has 1 heterocycles. The lowest BCUT2D eigenvalue weighted by Crippen LogP contribution is -2.29. The van der Waals surface area contributed by atoms with Crippen molar-refractivity contribution in [2.75, 3.05) is 0 Å². The lowest BCUT2D eigenvalue weighted by Gasteiger charge is -2.25. The molecule has 1 aliphatic heterocycles. The molecular formula is C19H19NO3. The minimum atomic E-state index is -0.743. The minimum Gasteiger partial charge on any atom is -0.507 e. The summed E-state index contributed by atoms with van der Waals surface area (Å²) in [4.78, 5) is 15.9. The quantitative estimate of drug-likeness (QED) is 0.849. The SMILES string of the molecule is CC(=O)OC1(C)C=CC2=NC(c3cc(C)c(O)c(C)c3)=CC2=C1. The summed E-state index contributed by atoms with van der Waals surface area (Å²) in [6.07, 6.45) is 7.59. The highest BCUT2D eigenvalue weighted by atomic mass is 16.6. The highest BCUT2D eigenvalue weighted by Crippen LogP contribution is 2.34. The van der Waals surface area contributed by atoms with Crippen LogP contribution < -0.4 is 0 Å². The first-order valence-electron chi connectivity index (χ1n) is 7.50. The van der Waals surface area contributed by atoms with E-state index in [1.165, 1.54) is 6.92 Å². The fourth-order valence-electron chi connectivity index (χ4n) is 2.92. The molecule has 2 aliphatic rings. The van der Waals surface area contributed by atoms with Crippen molar-refractivity contribution in [1.29, 1.82) is 0 Å². The summed E-state index contributed by atoms with van der Waals surface area (Å²) in [5, 5.41) is 9.91. The lowest BCUT2D eigenvalue weighted by atomic mass is 9.93. The first-order chi connectivity index (χ1) is 10.8. The van der Waals surface area contributed by atoms with Gasteiger partial charge in [0, 0.05) is 18.1 Å². The normalized spacial score (nSPS) is 22.2. The predicted molar refractivity (Wildman–Crippen MR) is 90.4 cm³/mol. The van der Waals surface area contributed by atoms with Gasteiger partial charge in [0.1, 0.15) is 11.4 Å². The van der Waals surface area contributed by atoms with Gasteiger partial charge < -0.3 is 9.84 Å². The Hall–Kier alpha value is -2.62. The van der Waals surface area contributed by atoms with Crippen molar-refractivity contribution in [1.82, 2.24) is 0 Å². The molecule has 1 aliphatic carbocycles. The zero-order chi connectivity index (χ0) is 16.8. The van der Waals surface area contributed by atoms with Gasteiger partial charge in [0.2, 0.25) is 0 Å². The summed E-state index contributed by atoms with van der Waals surface area (Å²) in [7, 11) is 0. The van der Waals surface area contributed by atoms with E-state index in [9.17, 15) is 9.90 Å². The molecule has 0 spiro atoms. The van der Waals surface area contributed by atoms with Gasteiger partial charge in [-0.15, -0.1) is 0 Å². The summed E-state index contributed by atoms with van der Waals surface area (Å²) in [6.45, 7) is 6.99. The molecular weight excluding hydrogens is 290 g/mol. The average Bonchev–Trinajstić information content (AvgIpc) is 2.85. The molecule has 23 heavy (non-hydrogen) atoms. The van der Waals surface area contributed by atoms with E-state index < -0.39 is 5.60 Å². The van der Waals surface area contributed by atoms with E-state index in [0.29, 0.717) is 5.75 Å². The number of carbonyl (C=O) groups excluding carboxylic acids is 1. The zero-order valence-electron chi connectivity index (χ0n) is 13.7. The van der Waals surface area contributed by atoms with Crippen molar-refractivity contribution in [3.8, 4) is 5.75 Å². The number of allylic oxidation sites excluding steroid dienone is 3. The van der Waals surface area contributed by atoms with E-state index in [-0.39, 0.29) is 5.97 Å². The van der Waals surface area contributed by atoms with Gasteiger partial charge in [-0.05, 0) is 68.3 Å². The third-order valence-corrected chi connectivity index (χ3v) is 3.99. The second kappa shape index (κ2) is 5.23. The van der Waals surface area contributed by atoms with Crippen molar-refractivity contribution in [2.45, 2.75) is 33.3 Å². The Morgan fingerprint density at radius 1 is 1.26 bits per heavy atom. The van der Waals surface area contributed by atoms with Crippen molar-refractivity contribution in [3.63, 3.8) is 0 Å². The molecule has 4 heteroatoms. The second-order valence-corrected chi connectivity index (χ2v) is 6.20. The first kappa shape index (κ1) is 15.3. The molecule has 0 saturated carbocycles. The van der Waals surface area contributed by atoms with Crippen LogP contribution in [0, 0.1) is 13.8 Å². The molecule has 0 bridgehead atoms. The molecule has 3 rings (SSSR count). The van der Waals surface area contributed by atoms with Gasteiger partial charge in [-0.25, -0.2) is 4.99 Å². The fourth-order valence-corrected chi connectivity index (χ4v) is 2.92. The number of aliphatic imine (C=N–C) groups is 1. The fraction of sp³-hybridized carbons (Fsp3) is 0.263. The highest BCUT2D eigenvalue weighted by molar-refractivity contribution is 6.17. The van der Waals surface area contributed by atoms with Crippen molar-refractivity contribution in [2.24, 2.45) is 4.99 Å². The van der Waals surface area contributed by atoms with Crippen LogP contribution in [0.4, 0.5) is 0 Å². The number of aryl methyl sites for hydroxylation is 2. The maximum Gasteiger partial charge on any atom is 0.303 e. The maximum atomic E-state index is 11.2. The van der Waals surface area contributed by atoms with Crippen LogP contribution in [0.15, 0.2) is 47.0 Å². The molecule has 1 atom stereocenters. The first-order valence-corrected chi connectivity index (χ1v) is 7.50. The number of aromatic hydroxyl groups is 1. The molecule has 0 fully saturated rings. The Kier molecular flexibility index (Phi) is 3.48. The molecule has 0 radical (unpaired) electrons. The van der Waals surface area contributed by atoms with Gasteiger partial charge in [-0.3, -0.25) is 4.79 Å². The van der Waals surface area contributed by atoms with Crippen molar-refractivity contribution >= 4 is 17.4 Å². The Morgan fingerprint density at radius 3 is 2.52 bits per heavy atom. The number of rotatable bonds is 2. The van der Waals surface area contributed by atoms with Crippen LogP contribution in [0.25, 0.3) is 5.70 Å². The Bertz CT molecular complexity index is 804. The largest absolute Gasteiger partial charge is 0.507 e. The van der Waals surface area contributed by atoms with Crippen LogP contribution in [-0.2, 0) is 9.53 Å². The number of carbonyl (C=O) groups is 1. The molecule has 1 N–H and O–H groups in total. The summed E-state index contributed by atoms with van der Waals surface area (Å²) in [6, 6.07) is 3.84. The predicted octanol–water partition coefficient (Wildman–Crippen LogP) is 3.62. The minimum absolute atomic E-state index is 0.318. The van der Waals surface area contributed by atoms with Crippen molar-refractivity contribution < 1.29 is 14.6 Å². The molecule has 0 aromatic heterocycles. The number of fused-ring (bicyclic) bond motifs is 1. The summed E-state index contributed by atoms with van der Waals surface area (Å²) in [5.41, 5.74) is 4.50. The highest BCUT2D eigenvalue weighted by Gasteiger charge is 2.28. The van der Waals surface area contributed by atoms with Gasteiger partial charge in [0.25, 0.3) is 0 Å². The number of hydrogen-bond donors (Lipinski definition) is 1. The van der Waals surface area contributed by atoms with Crippen LogP contribution in [0.5, 0.6) is 5.75 Å². The number of benzene rings is 1. The number of phenols is 1. The van der Waals surface area contributed by atoms with E-state index in [1.54, 1.807) is 0 Å². The average molecular weight is 309 g/mol. The van der Waals surface area contributed by atoms with E-state index in [1.807, 2.05) is 57.2 Å². The van der Waals surface area contributed by atoms with Crippen LogP contribution in [0.2, 0.25) is 0 Å². The number of ether oxygens (including phenoxy) is 1. The number of nitrogens with zero attached hydrogens (tertiary/aromatic N) is 1. The third kappa shape index (κ3) is 2.84. The second-order valence-electron chi connectivity index (χ2n) is 6.20. The number of phenolic OH excluding ortho intramolecular Hbond substituents is 1. The Balaban J connectivity index is 1.99. The van der Waals surface area contributed by atoms with Crippen LogP contribution in [-0.4, -0.2) is 22.4 Å². The molecule has 0 saturated heterocycles. The van der Waals surface area contributed by atoms with Crippen molar-refractivity contribution in [3.05, 3.63) is 58.7 Å². The van der Waals surface area contributed by atoms with Gasteiger partial charge in [0.05, 0.1) is 11.4 Å². The molecule has 1 aromatic rings. The van der Waals surface area contributed by atoms with Crippen LogP contribution in [0.1, 0.15) is 30.5 Å². The van der Waals surface area contributed by atoms with Gasteiger partial charge in [0.15, 0.2) is 0 Å². The monoisotopic (exact) mass is 309 g/mol. The van der Waals surface area contributed by atoms with E-state index >= 15 is 0 Å². The zero-order valence-corrected chi connectivity index (χ0v) is 13.7. The summed E-state index contributed by atoms with van der Waals surface area (Å²) < 4.78 is 5.36. The standard InChI is InChI=1S/C19H19NO3/c1-11-7-14(8-12(2)18(11)22)17-9-15-10-19(4,23-13(3)21)6-5-16(15)20-17/h5-10,22H,1-4H3. The Labute approximate surface area is 135 Å². The summed E-state index contributed by atoms with van der Waals surface area (Å²) in [5.74, 6) is 0.000309.